The van der Waals surface area contributed by atoms with Crippen LogP contribution < -0.4 is 0 Å². The van der Waals surface area contributed by atoms with Gasteiger partial charge < -0.3 is 0 Å². The van der Waals surface area contributed by atoms with Crippen molar-refractivity contribution >= 4 is 11.6 Å². The van der Waals surface area contributed by atoms with Crippen molar-refractivity contribution in [3.63, 3.8) is 0 Å². The standard InChI is InChI=1S/C11H9ClF4/c12-10(7-4-11(15,16)5-7)6-1-8(13)3-9(14)2-6/h1-3,7,10H,4-5H2. The molecule has 2 rings (SSSR count). The monoisotopic (exact) mass is 252 g/mol. The van der Waals surface area contributed by atoms with Crippen LogP contribution in [0.5, 0.6) is 0 Å². The first-order valence-electron chi connectivity index (χ1n) is 4.85. The van der Waals surface area contributed by atoms with Crippen molar-refractivity contribution in [2.24, 2.45) is 5.92 Å². The molecule has 0 saturated heterocycles. The SMILES string of the molecule is Fc1cc(F)cc(C(Cl)C2CC(F)(F)C2)c1. The summed E-state index contributed by atoms with van der Waals surface area (Å²) < 4.78 is 51.0. The largest absolute Gasteiger partial charge is 0.248 e. The Morgan fingerprint density at radius 2 is 1.62 bits per heavy atom. The van der Waals surface area contributed by atoms with Crippen molar-refractivity contribution in [3.05, 3.63) is 35.4 Å². The third-order valence-electron chi connectivity index (χ3n) is 2.74. The van der Waals surface area contributed by atoms with Gasteiger partial charge in [0.2, 0.25) is 5.92 Å². The summed E-state index contributed by atoms with van der Waals surface area (Å²) in [4.78, 5) is 0. The molecule has 1 aliphatic rings. The Morgan fingerprint density at radius 3 is 2.06 bits per heavy atom. The normalized spacial score (nSPS) is 21.6. The van der Waals surface area contributed by atoms with Crippen molar-refractivity contribution in [1.29, 1.82) is 0 Å². The molecular formula is C11H9ClF4. The van der Waals surface area contributed by atoms with Gasteiger partial charge in [0.15, 0.2) is 0 Å². The first-order chi connectivity index (χ1) is 7.37. The van der Waals surface area contributed by atoms with Gasteiger partial charge in [0.05, 0.1) is 5.38 Å². The lowest BCUT2D eigenvalue weighted by Gasteiger charge is -2.37. The van der Waals surface area contributed by atoms with E-state index in [9.17, 15) is 17.6 Å². The quantitative estimate of drug-likeness (QED) is 0.544. The van der Waals surface area contributed by atoms with E-state index in [4.69, 9.17) is 11.6 Å². The Labute approximate surface area is 95.2 Å². The van der Waals surface area contributed by atoms with Gasteiger partial charge >= 0.3 is 0 Å². The van der Waals surface area contributed by atoms with Gasteiger partial charge in [-0.3, -0.25) is 0 Å². The highest BCUT2D eigenvalue weighted by Gasteiger charge is 2.48. The third kappa shape index (κ3) is 2.32. The number of benzene rings is 1. The topological polar surface area (TPSA) is 0 Å². The molecule has 1 saturated carbocycles. The summed E-state index contributed by atoms with van der Waals surface area (Å²) in [5.74, 6) is -4.58. The van der Waals surface area contributed by atoms with E-state index >= 15 is 0 Å². The number of rotatable bonds is 2. The van der Waals surface area contributed by atoms with Crippen LogP contribution in [0.4, 0.5) is 17.6 Å². The van der Waals surface area contributed by atoms with Crippen LogP contribution in [0.3, 0.4) is 0 Å². The molecule has 16 heavy (non-hydrogen) atoms. The molecular weight excluding hydrogens is 244 g/mol. The minimum atomic E-state index is -2.68. The van der Waals surface area contributed by atoms with E-state index in [2.05, 4.69) is 0 Å². The summed E-state index contributed by atoms with van der Waals surface area (Å²) in [5.41, 5.74) is 0.222. The predicted molar refractivity (Wildman–Crippen MR) is 52.6 cm³/mol. The van der Waals surface area contributed by atoms with Gasteiger partial charge in [-0.25, -0.2) is 17.6 Å². The van der Waals surface area contributed by atoms with Gasteiger partial charge in [-0.1, -0.05) is 0 Å². The Morgan fingerprint density at radius 1 is 1.12 bits per heavy atom. The Hall–Kier alpha value is -0.770. The second-order valence-corrected chi connectivity index (χ2v) is 4.60. The van der Waals surface area contributed by atoms with E-state index < -0.39 is 28.9 Å². The highest BCUT2D eigenvalue weighted by molar-refractivity contribution is 6.21. The van der Waals surface area contributed by atoms with E-state index in [1.807, 2.05) is 0 Å². The number of hydrogen-bond donors (Lipinski definition) is 0. The minimum absolute atomic E-state index is 0.222. The van der Waals surface area contributed by atoms with Crippen molar-refractivity contribution in [2.75, 3.05) is 0 Å². The van der Waals surface area contributed by atoms with Crippen LogP contribution in [0.25, 0.3) is 0 Å². The molecule has 0 amide bonds. The lowest BCUT2D eigenvalue weighted by Crippen LogP contribution is -2.37. The molecule has 1 aromatic rings. The molecule has 88 valence electrons. The van der Waals surface area contributed by atoms with Crippen LogP contribution in [0, 0.1) is 17.6 Å². The van der Waals surface area contributed by atoms with Crippen LogP contribution >= 0.6 is 11.6 Å². The molecule has 5 heteroatoms. The average Bonchev–Trinajstić information content (AvgIpc) is 2.11. The second kappa shape index (κ2) is 3.91. The fourth-order valence-electron chi connectivity index (χ4n) is 1.92. The summed E-state index contributed by atoms with van der Waals surface area (Å²) in [6.45, 7) is 0. The van der Waals surface area contributed by atoms with Crippen LogP contribution in [0.2, 0.25) is 0 Å². The summed E-state index contributed by atoms with van der Waals surface area (Å²) >= 11 is 5.91. The molecule has 0 aromatic heterocycles. The van der Waals surface area contributed by atoms with Crippen molar-refractivity contribution in [2.45, 2.75) is 24.1 Å². The maximum absolute atomic E-state index is 12.9. The van der Waals surface area contributed by atoms with Gasteiger partial charge in [-0.15, -0.1) is 11.6 Å². The lowest BCUT2D eigenvalue weighted by atomic mass is 9.77. The van der Waals surface area contributed by atoms with E-state index in [1.54, 1.807) is 0 Å². The molecule has 0 N–H and O–H groups in total. The van der Waals surface area contributed by atoms with E-state index in [0.29, 0.717) is 0 Å². The fourth-order valence-corrected chi connectivity index (χ4v) is 2.23. The fraction of sp³-hybridized carbons (Fsp3) is 0.455. The van der Waals surface area contributed by atoms with Crippen molar-refractivity contribution < 1.29 is 17.6 Å². The zero-order valence-electron chi connectivity index (χ0n) is 8.19. The molecule has 0 bridgehead atoms. The molecule has 0 spiro atoms. The Balaban J connectivity index is 2.13. The molecule has 1 aromatic carbocycles. The molecule has 0 aliphatic heterocycles. The molecule has 0 heterocycles. The van der Waals surface area contributed by atoms with E-state index in [-0.39, 0.29) is 18.4 Å². The summed E-state index contributed by atoms with van der Waals surface area (Å²) in [6, 6.07) is 2.89. The first kappa shape index (κ1) is 11.7. The second-order valence-electron chi connectivity index (χ2n) is 4.13. The number of hydrogen-bond acceptors (Lipinski definition) is 0. The van der Waals surface area contributed by atoms with Crippen LogP contribution in [0.1, 0.15) is 23.8 Å². The van der Waals surface area contributed by atoms with Gasteiger partial charge in [0.25, 0.3) is 0 Å². The molecule has 1 fully saturated rings. The van der Waals surface area contributed by atoms with Crippen LogP contribution in [0.15, 0.2) is 18.2 Å². The highest BCUT2D eigenvalue weighted by atomic mass is 35.5. The Bertz CT molecular complexity index is 377. The number of halogens is 5. The zero-order valence-corrected chi connectivity index (χ0v) is 8.95. The highest BCUT2D eigenvalue weighted by Crippen LogP contribution is 2.50. The van der Waals surface area contributed by atoms with Crippen molar-refractivity contribution in [3.8, 4) is 0 Å². The molecule has 1 unspecified atom stereocenters. The first-order valence-corrected chi connectivity index (χ1v) is 5.29. The third-order valence-corrected chi connectivity index (χ3v) is 3.35. The smallest absolute Gasteiger partial charge is 0.207 e. The van der Waals surface area contributed by atoms with Crippen LogP contribution in [-0.2, 0) is 0 Å². The lowest BCUT2D eigenvalue weighted by molar-refractivity contribution is -0.111. The summed E-state index contributed by atoms with van der Waals surface area (Å²) in [5, 5.41) is -0.759. The van der Waals surface area contributed by atoms with E-state index in [0.717, 1.165) is 18.2 Å². The minimum Gasteiger partial charge on any atom is -0.207 e. The molecule has 0 radical (unpaired) electrons. The maximum Gasteiger partial charge on any atom is 0.248 e. The molecule has 1 atom stereocenters. The molecule has 0 nitrogen and oxygen atoms in total. The zero-order chi connectivity index (χ0) is 11.9. The van der Waals surface area contributed by atoms with Gasteiger partial charge in [0, 0.05) is 18.9 Å². The average molecular weight is 253 g/mol. The summed E-state index contributed by atoms with van der Waals surface area (Å²) in [7, 11) is 0. The van der Waals surface area contributed by atoms with Gasteiger partial charge in [0.1, 0.15) is 11.6 Å². The summed E-state index contributed by atoms with van der Waals surface area (Å²) in [6.07, 6.45) is -0.640. The molecule has 1 aliphatic carbocycles. The van der Waals surface area contributed by atoms with E-state index in [1.165, 1.54) is 0 Å². The van der Waals surface area contributed by atoms with Gasteiger partial charge in [-0.2, -0.15) is 0 Å². The van der Waals surface area contributed by atoms with Crippen LogP contribution in [-0.4, -0.2) is 5.92 Å². The van der Waals surface area contributed by atoms with Crippen molar-refractivity contribution in [1.82, 2.24) is 0 Å². The Kier molecular flexibility index (Phi) is 2.86. The predicted octanol–water partition coefficient (Wildman–Crippen LogP) is 4.29. The maximum atomic E-state index is 12.9. The van der Waals surface area contributed by atoms with Gasteiger partial charge in [-0.05, 0) is 23.6 Å². The number of alkyl halides is 3.